The molecule has 0 saturated heterocycles. The summed E-state index contributed by atoms with van der Waals surface area (Å²) >= 11 is 8.09. The van der Waals surface area contributed by atoms with Crippen molar-refractivity contribution in [1.82, 2.24) is 14.5 Å². The molecule has 0 amide bonds. The van der Waals surface area contributed by atoms with Crippen molar-refractivity contribution >= 4 is 45.8 Å². The van der Waals surface area contributed by atoms with E-state index in [9.17, 15) is 0 Å². The molecule has 3 heterocycles. The first-order valence-corrected chi connectivity index (χ1v) is 12.1. The maximum absolute atomic E-state index is 6.58. The predicted octanol–water partition coefficient (Wildman–Crippen LogP) is 6.80. The Morgan fingerprint density at radius 1 is 0.944 bits per heavy atom. The highest BCUT2D eigenvalue weighted by Crippen LogP contribution is 2.43. The predicted molar refractivity (Wildman–Crippen MR) is 141 cm³/mol. The number of fused-ring (bicyclic) bond motifs is 1. The molecule has 0 bridgehead atoms. The molecular formula is C26H23ClN4O4S. The van der Waals surface area contributed by atoms with Crippen LogP contribution in [0.1, 0.15) is 0 Å². The van der Waals surface area contributed by atoms with E-state index in [1.54, 1.807) is 33.7 Å². The van der Waals surface area contributed by atoms with E-state index in [1.807, 2.05) is 60.3 Å². The van der Waals surface area contributed by atoms with Crippen molar-refractivity contribution < 1.29 is 18.6 Å². The van der Waals surface area contributed by atoms with E-state index in [1.165, 1.54) is 11.8 Å². The molecule has 0 atom stereocenters. The molecule has 0 unspecified atom stereocenters. The number of hydrogen-bond acceptors (Lipinski definition) is 8. The number of methoxy groups -OCH3 is 3. The van der Waals surface area contributed by atoms with Gasteiger partial charge in [0.25, 0.3) is 0 Å². The quantitative estimate of drug-likeness (QED) is 0.238. The third-order valence-corrected chi connectivity index (χ3v) is 7.13. The van der Waals surface area contributed by atoms with Crippen LogP contribution in [0.2, 0.25) is 5.02 Å². The van der Waals surface area contributed by atoms with Crippen LogP contribution >= 0.6 is 23.4 Å². The summed E-state index contributed by atoms with van der Waals surface area (Å²) in [4.78, 5) is 9.73. The topological polar surface area (TPSA) is 83.6 Å². The molecule has 0 spiro atoms. The molecule has 0 aliphatic rings. The molecule has 8 nitrogen and oxygen atoms in total. The van der Waals surface area contributed by atoms with E-state index in [4.69, 9.17) is 30.2 Å². The normalized spacial score (nSPS) is 11.0. The van der Waals surface area contributed by atoms with Gasteiger partial charge in [-0.2, -0.15) is 0 Å². The maximum atomic E-state index is 6.58. The summed E-state index contributed by atoms with van der Waals surface area (Å²) in [5.41, 5.74) is 3.68. The van der Waals surface area contributed by atoms with Crippen molar-refractivity contribution in [3.63, 3.8) is 0 Å². The molecule has 184 valence electrons. The summed E-state index contributed by atoms with van der Waals surface area (Å²) in [6, 6.07) is 13.2. The SMILES string of the molecule is COc1cc(-c2cc3nccc(Nc4ccc(Sc5nccn5C)c(Cl)c4)c3o2)cc(OC)c1OC. The van der Waals surface area contributed by atoms with E-state index in [2.05, 4.69) is 15.3 Å². The minimum atomic E-state index is 0.516. The van der Waals surface area contributed by atoms with Gasteiger partial charge in [-0.05, 0) is 36.4 Å². The fourth-order valence-corrected chi connectivity index (χ4v) is 4.87. The van der Waals surface area contributed by atoms with Crippen molar-refractivity contribution in [3.05, 3.63) is 66.1 Å². The monoisotopic (exact) mass is 522 g/mol. The number of ether oxygens (including phenoxy) is 3. The van der Waals surface area contributed by atoms with Gasteiger partial charge in [0, 0.05) is 47.9 Å². The summed E-state index contributed by atoms with van der Waals surface area (Å²) in [7, 11) is 6.67. The van der Waals surface area contributed by atoms with Crippen molar-refractivity contribution in [1.29, 1.82) is 0 Å². The Bertz CT molecular complexity index is 1520. The number of halogens is 1. The number of aromatic nitrogens is 3. The smallest absolute Gasteiger partial charge is 0.203 e. The van der Waals surface area contributed by atoms with Gasteiger partial charge in [0.1, 0.15) is 11.3 Å². The molecule has 0 radical (unpaired) electrons. The molecule has 0 fully saturated rings. The summed E-state index contributed by atoms with van der Waals surface area (Å²) in [6.07, 6.45) is 5.39. The van der Waals surface area contributed by atoms with Gasteiger partial charge >= 0.3 is 0 Å². The van der Waals surface area contributed by atoms with Crippen molar-refractivity contribution in [2.24, 2.45) is 7.05 Å². The Kier molecular flexibility index (Phi) is 6.67. The third kappa shape index (κ3) is 4.55. The minimum Gasteiger partial charge on any atom is -0.493 e. The first-order chi connectivity index (χ1) is 17.5. The highest BCUT2D eigenvalue weighted by atomic mass is 35.5. The molecule has 1 N–H and O–H groups in total. The van der Waals surface area contributed by atoms with Crippen molar-refractivity contribution in [3.8, 4) is 28.6 Å². The second-order valence-electron chi connectivity index (χ2n) is 7.79. The van der Waals surface area contributed by atoms with Gasteiger partial charge in [-0.1, -0.05) is 23.4 Å². The fraction of sp³-hybridized carbons (Fsp3) is 0.154. The van der Waals surface area contributed by atoms with Crippen LogP contribution in [0.15, 0.2) is 75.5 Å². The van der Waals surface area contributed by atoms with E-state index >= 15 is 0 Å². The molecule has 0 aliphatic carbocycles. The Balaban J connectivity index is 1.46. The van der Waals surface area contributed by atoms with Crippen LogP contribution in [-0.4, -0.2) is 35.9 Å². The first kappa shape index (κ1) is 23.9. The molecular weight excluding hydrogens is 500 g/mol. The lowest BCUT2D eigenvalue weighted by atomic mass is 10.1. The molecule has 3 aromatic heterocycles. The highest BCUT2D eigenvalue weighted by Gasteiger charge is 2.18. The van der Waals surface area contributed by atoms with Crippen molar-refractivity contribution in [2.75, 3.05) is 26.6 Å². The number of rotatable bonds is 8. The zero-order chi connectivity index (χ0) is 25.2. The van der Waals surface area contributed by atoms with E-state index < -0.39 is 0 Å². The van der Waals surface area contributed by atoms with Gasteiger partial charge < -0.3 is 28.5 Å². The van der Waals surface area contributed by atoms with Gasteiger partial charge in [0.05, 0.1) is 32.0 Å². The Morgan fingerprint density at radius 3 is 2.36 bits per heavy atom. The van der Waals surface area contributed by atoms with Crippen LogP contribution in [0.4, 0.5) is 11.4 Å². The molecule has 10 heteroatoms. The summed E-state index contributed by atoms with van der Waals surface area (Å²) in [6.45, 7) is 0. The molecule has 0 saturated carbocycles. The first-order valence-electron chi connectivity index (χ1n) is 10.9. The summed E-state index contributed by atoms with van der Waals surface area (Å²) in [5, 5.41) is 4.88. The van der Waals surface area contributed by atoms with Gasteiger partial charge in [-0.3, -0.25) is 4.98 Å². The van der Waals surface area contributed by atoms with Gasteiger partial charge in [-0.25, -0.2) is 4.98 Å². The Labute approximate surface area is 217 Å². The number of aryl methyl sites for hydroxylation is 1. The van der Waals surface area contributed by atoms with Crippen LogP contribution in [0.3, 0.4) is 0 Å². The van der Waals surface area contributed by atoms with Gasteiger partial charge in [0.15, 0.2) is 22.2 Å². The van der Waals surface area contributed by atoms with Crippen LogP contribution in [0.5, 0.6) is 17.2 Å². The minimum absolute atomic E-state index is 0.516. The largest absolute Gasteiger partial charge is 0.493 e. The fourth-order valence-electron chi connectivity index (χ4n) is 3.77. The second-order valence-corrected chi connectivity index (χ2v) is 9.21. The lowest BCUT2D eigenvalue weighted by molar-refractivity contribution is 0.324. The number of hydrogen-bond donors (Lipinski definition) is 1. The van der Waals surface area contributed by atoms with Crippen LogP contribution in [0, 0.1) is 0 Å². The number of imidazole rings is 1. The lowest BCUT2D eigenvalue weighted by Gasteiger charge is -2.13. The molecule has 5 rings (SSSR count). The standard InChI is InChI=1S/C26H23ClN4O4S/c1-31-10-9-29-26(31)36-23-6-5-16(13-17(23)27)30-18-7-8-28-19-14-20(35-24(18)19)15-11-21(32-2)25(34-4)22(12-15)33-3/h5-14H,1-4H3,(H,28,30). The third-order valence-electron chi connectivity index (χ3n) is 5.55. The lowest BCUT2D eigenvalue weighted by Crippen LogP contribution is -1.95. The molecule has 0 aliphatic heterocycles. The number of nitrogens with zero attached hydrogens (tertiary/aromatic N) is 3. The van der Waals surface area contributed by atoms with Crippen LogP contribution in [-0.2, 0) is 7.05 Å². The van der Waals surface area contributed by atoms with E-state index in [0.29, 0.717) is 39.1 Å². The number of nitrogens with one attached hydrogen (secondary N) is 1. The maximum Gasteiger partial charge on any atom is 0.203 e. The van der Waals surface area contributed by atoms with Gasteiger partial charge in [-0.15, -0.1) is 0 Å². The Hall–Kier alpha value is -3.82. The van der Waals surface area contributed by atoms with Crippen LogP contribution < -0.4 is 19.5 Å². The average molecular weight is 523 g/mol. The average Bonchev–Trinajstić information content (AvgIpc) is 3.51. The van der Waals surface area contributed by atoms with Crippen LogP contribution in [0.25, 0.3) is 22.4 Å². The second kappa shape index (κ2) is 10.0. The molecule has 36 heavy (non-hydrogen) atoms. The summed E-state index contributed by atoms with van der Waals surface area (Å²) in [5.74, 6) is 2.21. The zero-order valence-electron chi connectivity index (χ0n) is 20.0. The highest BCUT2D eigenvalue weighted by molar-refractivity contribution is 7.99. The number of pyridine rings is 1. The molecule has 5 aromatic rings. The van der Waals surface area contributed by atoms with E-state index in [-0.39, 0.29) is 0 Å². The van der Waals surface area contributed by atoms with Gasteiger partial charge in [0.2, 0.25) is 5.75 Å². The molecule has 2 aromatic carbocycles. The number of anilines is 2. The van der Waals surface area contributed by atoms with E-state index in [0.717, 1.165) is 27.0 Å². The van der Waals surface area contributed by atoms with Crippen molar-refractivity contribution in [2.45, 2.75) is 10.1 Å². The summed E-state index contributed by atoms with van der Waals surface area (Å²) < 4.78 is 24.6. The number of furan rings is 1. The number of benzene rings is 2. The zero-order valence-corrected chi connectivity index (χ0v) is 21.6. The Morgan fingerprint density at radius 2 is 1.72 bits per heavy atom.